The van der Waals surface area contributed by atoms with Gasteiger partial charge in [0.25, 0.3) is 0 Å². The van der Waals surface area contributed by atoms with Crippen LogP contribution in [-0.2, 0) is 22.6 Å². The highest BCUT2D eigenvalue weighted by atomic mass is 16.5. The average Bonchev–Trinajstić information content (AvgIpc) is 2.72. The maximum absolute atomic E-state index is 5.98. The van der Waals surface area contributed by atoms with Crippen LogP contribution in [-0.4, -0.2) is 38.4 Å². The molecule has 1 heterocycles. The quantitative estimate of drug-likeness (QED) is 0.348. The molecule has 0 aromatic heterocycles. The summed E-state index contributed by atoms with van der Waals surface area (Å²) >= 11 is 0. The molecule has 0 aliphatic carbocycles. The van der Waals surface area contributed by atoms with Gasteiger partial charge in [0.1, 0.15) is 0 Å². The lowest BCUT2D eigenvalue weighted by Gasteiger charge is -2.22. The summed E-state index contributed by atoms with van der Waals surface area (Å²) in [6.07, 6.45) is 7.40. The van der Waals surface area contributed by atoms with Crippen LogP contribution in [0.5, 0.6) is 0 Å². The number of hydrogen-bond donors (Lipinski definition) is 2. The van der Waals surface area contributed by atoms with E-state index in [0.29, 0.717) is 19.3 Å². The van der Waals surface area contributed by atoms with Crippen molar-refractivity contribution in [2.24, 2.45) is 4.99 Å². The maximum atomic E-state index is 5.98. The first-order valence-corrected chi connectivity index (χ1v) is 10.6. The Labute approximate surface area is 164 Å². The van der Waals surface area contributed by atoms with Crippen LogP contribution < -0.4 is 10.6 Å². The molecule has 1 aliphatic heterocycles. The van der Waals surface area contributed by atoms with E-state index in [1.54, 1.807) is 0 Å². The number of hydrogen-bond acceptors (Lipinski definition) is 3. The Morgan fingerprint density at radius 3 is 2.48 bits per heavy atom. The minimum absolute atomic E-state index is 0.342. The second-order valence-corrected chi connectivity index (χ2v) is 7.12. The van der Waals surface area contributed by atoms with Crippen LogP contribution in [0.1, 0.15) is 63.5 Å². The van der Waals surface area contributed by atoms with E-state index in [1.165, 1.54) is 36.8 Å². The third-order valence-corrected chi connectivity index (χ3v) is 4.76. The Kier molecular flexibility index (Phi) is 10.9. The molecule has 1 saturated heterocycles. The van der Waals surface area contributed by atoms with Crippen LogP contribution in [0.3, 0.4) is 0 Å². The van der Waals surface area contributed by atoms with Crippen LogP contribution in [0.2, 0.25) is 0 Å². The summed E-state index contributed by atoms with van der Waals surface area (Å²) in [6, 6.07) is 8.60. The van der Waals surface area contributed by atoms with E-state index >= 15 is 0 Å². The Morgan fingerprint density at radius 2 is 1.78 bits per heavy atom. The van der Waals surface area contributed by atoms with Crippen molar-refractivity contribution in [2.45, 2.75) is 71.6 Å². The van der Waals surface area contributed by atoms with Gasteiger partial charge in [-0.2, -0.15) is 0 Å². The van der Waals surface area contributed by atoms with Crippen molar-refractivity contribution in [3.05, 3.63) is 35.4 Å². The summed E-state index contributed by atoms with van der Waals surface area (Å²) in [5, 5.41) is 6.75. The highest BCUT2D eigenvalue weighted by Gasteiger charge is 2.13. The summed E-state index contributed by atoms with van der Waals surface area (Å²) in [4.78, 5) is 4.70. The van der Waals surface area contributed by atoms with E-state index in [1.807, 2.05) is 0 Å². The molecule has 0 unspecified atom stereocenters. The largest absolute Gasteiger partial charge is 0.381 e. The van der Waals surface area contributed by atoms with Crippen molar-refractivity contribution in [2.75, 3.05) is 26.3 Å². The number of nitrogens with zero attached hydrogens (tertiary/aromatic N) is 1. The Balaban J connectivity index is 1.74. The van der Waals surface area contributed by atoms with E-state index in [2.05, 4.69) is 48.7 Å². The number of rotatable bonds is 11. The number of guanidine groups is 1. The summed E-state index contributed by atoms with van der Waals surface area (Å²) in [7, 11) is 0. The molecule has 0 radical (unpaired) electrons. The molecule has 27 heavy (non-hydrogen) atoms. The monoisotopic (exact) mass is 375 g/mol. The molecule has 2 rings (SSSR count). The molecule has 152 valence electrons. The summed E-state index contributed by atoms with van der Waals surface area (Å²) in [5.74, 6) is 0.904. The van der Waals surface area contributed by atoms with Crippen molar-refractivity contribution in [1.82, 2.24) is 10.6 Å². The van der Waals surface area contributed by atoms with Gasteiger partial charge in [0.2, 0.25) is 0 Å². The van der Waals surface area contributed by atoms with Crippen LogP contribution in [0.15, 0.2) is 29.3 Å². The fourth-order valence-electron chi connectivity index (χ4n) is 3.07. The number of ether oxygens (including phenoxy) is 2. The molecule has 0 bridgehead atoms. The average molecular weight is 376 g/mol. The number of nitrogens with one attached hydrogen (secondary N) is 2. The zero-order valence-electron chi connectivity index (χ0n) is 17.1. The van der Waals surface area contributed by atoms with E-state index < -0.39 is 0 Å². The summed E-state index contributed by atoms with van der Waals surface area (Å²) in [6.45, 7) is 9.20. The van der Waals surface area contributed by atoms with Crippen molar-refractivity contribution >= 4 is 5.96 Å². The van der Waals surface area contributed by atoms with Gasteiger partial charge in [-0.1, -0.05) is 50.5 Å². The van der Waals surface area contributed by atoms with Crippen molar-refractivity contribution in [3.8, 4) is 0 Å². The van der Waals surface area contributed by atoms with E-state index in [0.717, 1.165) is 45.1 Å². The first-order valence-electron chi connectivity index (χ1n) is 10.6. The highest BCUT2D eigenvalue weighted by molar-refractivity contribution is 5.79. The third kappa shape index (κ3) is 9.25. The molecule has 0 saturated carbocycles. The zero-order chi connectivity index (χ0) is 19.2. The lowest BCUT2D eigenvalue weighted by Crippen LogP contribution is -2.37. The predicted molar refractivity (Wildman–Crippen MR) is 112 cm³/mol. The number of unbranched alkanes of at least 4 members (excludes halogenated alkanes) is 3. The van der Waals surface area contributed by atoms with E-state index in [-0.39, 0.29) is 0 Å². The molecule has 0 spiro atoms. The van der Waals surface area contributed by atoms with Crippen LogP contribution in [0.4, 0.5) is 0 Å². The van der Waals surface area contributed by atoms with Crippen LogP contribution >= 0.6 is 0 Å². The molecular weight excluding hydrogens is 338 g/mol. The fraction of sp³-hybridized carbons (Fsp3) is 0.682. The molecule has 0 atom stereocenters. The molecular formula is C22H37N3O2. The second kappa shape index (κ2) is 13.6. The Hall–Kier alpha value is -1.59. The van der Waals surface area contributed by atoms with Gasteiger partial charge in [-0.05, 0) is 37.3 Å². The minimum atomic E-state index is 0.342. The van der Waals surface area contributed by atoms with Gasteiger partial charge in [0, 0.05) is 26.3 Å². The van der Waals surface area contributed by atoms with Crippen molar-refractivity contribution in [1.29, 1.82) is 0 Å². The fourth-order valence-corrected chi connectivity index (χ4v) is 3.07. The third-order valence-electron chi connectivity index (χ3n) is 4.76. The Morgan fingerprint density at radius 1 is 1.04 bits per heavy atom. The van der Waals surface area contributed by atoms with E-state index in [4.69, 9.17) is 14.5 Å². The summed E-state index contributed by atoms with van der Waals surface area (Å²) < 4.78 is 11.4. The smallest absolute Gasteiger partial charge is 0.191 e. The van der Waals surface area contributed by atoms with E-state index in [9.17, 15) is 0 Å². The van der Waals surface area contributed by atoms with Gasteiger partial charge in [-0.15, -0.1) is 0 Å². The molecule has 1 aromatic carbocycles. The summed E-state index contributed by atoms with van der Waals surface area (Å²) in [5.41, 5.74) is 2.43. The molecule has 2 N–H and O–H groups in total. The highest BCUT2D eigenvalue weighted by Crippen LogP contribution is 2.14. The van der Waals surface area contributed by atoms with Gasteiger partial charge in [-0.25, -0.2) is 4.99 Å². The van der Waals surface area contributed by atoms with Crippen molar-refractivity contribution in [3.63, 3.8) is 0 Å². The SMILES string of the molecule is CCCCCCNC(=NCc1ccc(COC2CCOCC2)cc1)NCC. The zero-order valence-corrected chi connectivity index (χ0v) is 17.1. The maximum Gasteiger partial charge on any atom is 0.191 e. The lowest BCUT2D eigenvalue weighted by molar-refractivity contribution is -0.0390. The topological polar surface area (TPSA) is 54.9 Å². The predicted octanol–water partition coefficient (Wildman–Crippen LogP) is 4.02. The molecule has 1 fully saturated rings. The van der Waals surface area contributed by atoms with Crippen molar-refractivity contribution < 1.29 is 9.47 Å². The Bertz CT molecular complexity index is 525. The standard InChI is InChI=1S/C22H37N3O2/c1-3-5-6-7-14-24-22(23-4-2)25-17-19-8-10-20(11-9-19)18-27-21-12-15-26-16-13-21/h8-11,21H,3-7,12-18H2,1-2H3,(H2,23,24,25). The molecule has 5 heteroatoms. The van der Waals surface area contributed by atoms with Gasteiger partial charge in [0.05, 0.1) is 19.3 Å². The van der Waals surface area contributed by atoms with Crippen LogP contribution in [0, 0.1) is 0 Å². The van der Waals surface area contributed by atoms with Gasteiger partial charge < -0.3 is 20.1 Å². The normalized spacial score (nSPS) is 15.7. The van der Waals surface area contributed by atoms with Crippen LogP contribution in [0.25, 0.3) is 0 Å². The second-order valence-electron chi connectivity index (χ2n) is 7.12. The molecule has 1 aliphatic rings. The van der Waals surface area contributed by atoms with Gasteiger partial charge in [-0.3, -0.25) is 0 Å². The first kappa shape index (κ1) is 21.7. The lowest BCUT2D eigenvalue weighted by atomic mass is 10.1. The number of aliphatic imine (C=N–C) groups is 1. The molecule has 1 aromatic rings. The van der Waals surface area contributed by atoms with Gasteiger partial charge in [0.15, 0.2) is 5.96 Å². The minimum Gasteiger partial charge on any atom is -0.381 e. The first-order chi connectivity index (χ1) is 13.3. The molecule has 5 nitrogen and oxygen atoms in total. The molecule has 0 amide bonds. The van der Waals surface area contributed by atoms with Gasteiger partial charge >= 0.3 is 0 Å². The number of benzene rings is 1.